The van der Waals surface area contributed by atoms with Crippen LogP contribution in [0.5, 0.6) is 11.5 Å². The number of hydrogen-bond donors (Lipinski definition) is 3. The molecule has 3 N–H and O–H groups in total. The summed E-state index contributed by atoms with van der Waals surface area (Å²) in [5.41, 5.74) is 0.701. The molecule has 1 aliphatic heterocycles. The Morgan fingerprint density at radius 2 is 1.90 bits per heavy atom. The van der Waals surface area contributed by atoms with E-state index in [9.17, 15) is 9.59 Å². The maximum Gasteiger partial charge on any atom is 0.251 e. The first-order chi connectivity index (χ1) is 18.6. The van der Waals surface area contributed by atoms with E-state index in [4.69, 9.17) is 33.2 Å². The van der Waals surface area contributed by atoms with Crippen molar-refractivity contribution in [2.75, 3.05) is 18.4 Å². The monoisotopic (exact) mass is 632 g/mol. The lowest BCUT2D eigenvalue weighted by Crippen LogP contribution is -2.52. The van der Waals surface area contributed by atoms with Crippen molar-refractivity contribution >= 4 is 56.6 Å². The molecule has 202 valence electrons. The van der Waals surface area contributed by atoms with E-state index in [1.807, 2.05) is 13.0 Å². The molecule has 0 saturated carbocycles. The van der Waals surface area contributed by atoms with Crippen LogP contribution in [0.2, 0.25) is 10.0 Å². The molecule has 3 aromatic rings. The number of nitrogens with zero attached hydrogens (tertiary/aromatic N) is 1. The Morgan fingerprint density at radius 3 is 2.59 bits per heavy atom. The van der Waals surface area contributed by atoms with Gasteiger partial charge < -0.3 is 20.7 Å². The van der Waals surface area contributed by atoms with Crippen molar-refractivity contribution in [3.05, 3.63) is 85.6 Å². The van der Waals surface area contributed by atoms with E-state index in [1.165, 1.54) is 36.4 Å². The van der Waals surface area contributed by atoms with Gasteiger partial charge in [-0.15, -0.1) is 0 Å². The zero-order valence-corrected chi connectivity index (χ0v) is 23.9. The molecule has 4 rings (SSSR count). The molecular formula is C28H24BrCl2FN4O3. The third-order valence-corrected chi connectivity index (χ3v) is 7.48. The van der Waals surface area contributed by atoms with Crippen LogP contribution in [-0.2, 0) is 11.2 Å². The molecule has 11 heteroatoms. The average Bonchev–Trinajstić information content (AvgIpc) is 2.89. The number of hydrogen-bond acceptors (Lipinski definition) is 5. The molecule has 0 radical (unpaired) electrons. The van der Waals surface area contributed by atoms with Crippen LogP contribution in [-0.4, -0.2) is 30.4 Å². The van der Waals surface area contributed by atoms with Crippen LogP contribution >= 0.6 is 39.1 Å². The summed E-state index contributed by atoms with van der Waals surface area (Å²) >= 11 is 15.6. The first kappa shape index (κ1) is 28.8. The highest BCUT2D eigenvalue weighted by atomic mass is 79.9. The van der Waals surface area contributed by atoms with Gasteiger partial charge in [-0.25, -0.2) is 4.39 Å². The Morgan fingerprint density at radius 1 is 1.15 bits per heavy atom. The predicted octanol–water partition coefficient (Wildman–Crippen LogP) is 6.61. The number of carbonyl (C=O) groups is 2. The van der Waals surface area contributed by atoms with E-state index < -0.39 is 11.7 Å². The molecule has 0 aliphatic carbocycles. The van der Waals surface area contributed by atoms with Crippen molar-refractivity contribution in [2.24, 2.45) is 0 Å². The molecule has 1 fully saturated rings. The maximum atomic E-state index is 15.3. The van der Waals surface area contributed by atoms with Gasteiger partial charge in [-0.1, -0.05) is 29.3 Å². The molecule has 0 aromatic heterocycles. The highest BCUT2D eigenvalue weighted by Gasteiger charge is 2.29. The minimum atomic E-state index is -0.748. The van der Waals surface area contributed by atoms with Crippen LogP contribution in [0.4, 0.5) is 10.1 Å². The molecule has 0 spiro atoms. The van der Waals surface area contributed by atoms with Gasteiger partial charge in [0.25, 0.3) is 5.91 Å². The average molecular weight is 634 g/mol. The molecule has 7 nitrogen and oxygen atoms in total. The molecule has 39 heavy (non-hydrogen) atoms. The smallest absolute Gasteiger partial charge is 0.251 e. The summed E-state index contributed by atoms with van der Waals surface area (Å²) < 4.78 is 21.3. The Balaban J connectivity index is 1.44. The Bertz CT molecular complexity index is 1470. The highest BCUT2D eigenvalue weighted by Crippen LogP contribution is 2.36. The minimum absolute atomic E-state index is 0.0792. The van der Waals surface area contributed by atoms with Crippen LogP contribution in [0.1, 0.15) is 41.3 Å². The van der Waals surface area contributed by atoms with Crippen molar-refractivity contribution in [1.29, 1.82) is 5.26 Å². The fraction of sp³-hybridized carbons (Fsp3) is 0.250. The second kappa shape index (κ2) is 12.3. The SMILES string of the molecule is CC1(NC(=O)c2ccc(NC(=O)Cc3ccc(Br)c(Oc4cc(Cl)cc(C#N)c4)c3F)c(Cl)c2)CCNCC1. The number of rotatable bonds is 7. The summed E-state index contributed by atoms with van der Waals surface area (Å²) in [6.07, 6.45) is 1.33. The fourth-order valence-corrected chi connectivity index (χ4v) is 5.02. The fourth-order valence-electron chi connectivity index (χ4n) is 4.18. The first-order valence-corrected chi connectivity index (χ1v) is 13.6. The lowest BCUT2D eigenvalue weighted by Gasteiger charge is -2.35. The molecule has 0 bridgehead atoms. The lowest BCUT2D eigenvalue weighted by molar-refractivity contribution is -0.115. The number of halogens is 4. The maximum absolute atomic E-state index is 15.3. The van der Waals surface area contributed by atoms with E-state index in [2.05, 4.69) is 31.9 Å². The lowest BCUT2D eigenvalue weighted by atomic mass is 9.90. The van der Waals surface area contributed by atoms with Crippen molar-refractivity contribution in [2.45, 2.75) is 31.7 Å². The van der Waals surface area contributed by atoms with Crippen LogP contribution in [0.15, 0.2) is 53.0 Å². The molecule has 0 unspecified atom stereocenters. The third kappa shape index (κ3) is 7.28. The highest BCUT2D eigenvalue weighted by molar-refractivity contribution is 9.10. The summed E-state index contributed by atoms with van der Waals surface area (Å²) in [7, 11) is 0. The van der Waals surface area contributed by atoms with Gasteiger partial charge in [0, 0.05) is 21.7 Å². The number of nitriles is 1. The van der Waals surface area contributed by atoms with Crippen molar-refractivity contribution < 1.29 is 18.7 Å². The number of ether oxygens (including phenoxy) is 1. The summed E-state index contributed by atoms with van der Waals surface area (Å²) in [6, 6.07) is 13.9. The zero-order chi connectivity index (χ0) is 28.2. The predicted molar refractivity (Wildman–Crippen MR) is 152 cm³/mol. The molecule has 1 aliphatic rings. The van der Waals surface area contributed by atoms with Gasteiger partial charge in [0.2, 0.25) is 5.91 Å². The van der Waals surface area contributed by atoms with E-state index in [-0.39, 0.29) is 50.5 Å². The summed E-state index contributed by atoms with van der Waals surface area (Å²) in [5.74, 6) is -1.49. The molecule has 1 saturated heterocycles. The number of piperidine rings is 1. The number of benzene rings is 3. The Kier molecular flexibility index (Phi) is 9.13. The first-order valence-electron chi connectivity index (χ1n) is 12.0. The van der Waals surface area contributed by atoms with Crippen molar-refractivity contribution in [3.8, 4) is 17.6 Å². The van der Waals surface area contributed by atoms with Crippen molar-refractivity contribution in [3.63, 3.8) is 0 Å². The largest absolute Gasteiger partial charge is 0.453 e. The summed E-state index contributed by atoms with van der Waals surface area (Å²) in [5, 5.41) is 18.6. The van der Waals surface area contributed by atoms with Gasteiger partial charge in [0.05, 0.1) is 33.2 Å². The molecule has 0 atom stereocenters. The standard InChI is InChI=1S/C28H24BrCl2FN4O3/c1-28(6-8-34-9-7-28)36-27(38)18-3-5-23(22(31)12-18)35-24(37)13-17-2-4-21(29)26(25(17)32)39-20-11-16(15-33)10-19(30)14-20/h2-5,10-12,14,34H,6-9,13H2,1H3,(H,35,37)(H,36,38). The van der Waals surface area contributed by atoms with Gasteiger partial charge in [-0.05, 0) is 91.2 Å². The Hall–Kier alpha value is -3.16. The van der Waals surface area contributed by atoms with Crippen LogP contribution in [0.25, 0.3) is 0 Å². The number of anilines is 1. The van der Waals surface area contributed by atoms with E-state index >= 15 is 4.39 Å². The van der Waals surface area contributed by atoms with E-state index in [1.54, 1.807) is 12.1 Å². The zero-order valence-electron chi connectivity index (χ0n) is 20.8. The topological polar surface area (TPSA) is 103 Å². The number of nitrogens with one attached hydrogen (secondary N) is 3. The summed E-state index contributed by atoms with van der Waals surface area (Å²) in [6.45, 7) is 3.67. The van der Waals surface area contributed by atoms with Gasteiger partial charge in [-0.2, -0.15) is 5.26 Å². The second-order valence-electron chi connectivity index (χ2n) is 9.42. The van der Waals surface area contributed by atoms with Crippen LogP contribution in [0.3, 0.4) is 0 Å². The molecule has 3 aromatic carbocycles. The van der Waals surface area contributed by atoms with Gasteiger partial charge >= 0.3 is 0 Å². The third-order valence-electron chi connectivity index (χ3n) is 6.33. The summed E-state index contributed by atoms with van der Waals surface area (Å²) in [4.78, 5) is 25.5. The second-order valence-corrected chi connectivity index (χ2v) is 11.1. The van der Waals surface area contributed by atoms with Crippen molar-refractivity contribution in [1.82, 2.24) is 10.6 Å². The Labute approximate surface area is 243 Å². The number of carbonyl (C=O) groups excluding carboxylic acids is 2. The minimum Gasteiger partial charge on any atom is -0.453 e. The van der Waals surface area contributed by atoms with Gasteiger partial charge in [-0.3, -0.25) is 9.59 Å². The number of amides is 2. The van der Waals surface area contributed by atoms with E-state index in [0.717, 1.165) is 25.9 Å². The normalized spacial score (nSPS) is 14.3. The van der Waals surface area contributed by atoms with Gasteiger partial charge in [0.15, 0.2) is 11.6 Å². The van der Waals surface area contributed by atoms with Crippen LogP contribution < -0.4 is 20.7 Å². The molecule has 1 heterocycles. The van der Waals surface area contributed by atoms with Gasteiger partial charge in [0.1, 0.15) is 5.75 Å². The van der Waals surface area contributed by atoms with Crippen LogP contribution in [0, 0.1) is 17.1 Å². The molecule has 2 amide bonds. The van der Waals surface area contributed by atoms with E-state index in [0.29, 0.717) is 15.7 Å². The molecular weight excluding hydrogens is 610 g/mol. The quantitative estimate of drug-likeness (QED) is 0.272.